The van der Waals surface area contributed by atoms with Crippen LogP contribution in [-0.4, -0.2) is 52.2 Å². The maximum atomic E-state index is 13.4. The van der Waals surface area contributed by atoms with Crippen LogP contribution in [0, 0.1) is 0 Å². The number of benzene rings is 2. The van der Waals surface area contributed by atoms with Gasteiger partial charge in [-0.2, -0.15) is 13.2 Å². The highest BCUT2D eigenvalue weighted by atomic mass is 32.2. The van der Waals surface area contributed by atoms with E-state index in [1.54, 1.807) is 42.2 Å². The van der Waals surface area contributed by atoms with E-state index >= 15 is 0 Å². The zero-order chi connectivity index (χ0) is 23.4. The Morgan fingerprint density at radius 1 is 0.939 bits per heavy atom. The van der Waals surface area contributed by atoms with E-state index in [9.17, 15) is 18.0 Å². The van der Waals surface area contributed by atoms with Gasteiger partial charge in [0.25, 0.3) is 0 Å². The Morgan fingerprint density at radius 3 is 2.15 bits per heavy atom. The fourth-order valence-electron chi connectivity index (χ4n) is 3.67. The smallest absolute Gasteiger partial charge is 0.368 e. The van der Waals surface area contributed by atoms with Crippen LogP contribution in [0.2, 0.25) is 0 Å². The van der Waals surface area contributed by atoms with Gasteiger partial charge in [-0.05, 0) is 25.1 Å². The summed E-state index contributed by atoms with van der Waals surface area (Å²) in [5.74, 6) is -0.130. The first-order valence-corrected chi connectivity index (χ1v) is 11.5. The van der Waals surface area contributed by atoms with Crippen molar-refractivity contribution in [1.29, 1.82) is 0 Å². The summed E-state index contributed by atoms with van der Waals surface area (Å²) in [5, 5.41) is -0.673. The fourth-order valence-corrected chi connectivity index (χ4v) is 4.54. The molecular formula is C24H23F3N4OS. The summed E-state index contributed by atoms with van der Waals surface area (Å²) in [6.45, 7) is 4.19. The molecule has 2 aromatic carbocycles. The Morgan fingerprint density at radius 2 is 1.55 bits per heavy atom. The maximum absolute atomic E-state index is 13.4. The summed E-state index contributed by atoms with van der Waals surface area (Å²) in [6.07, 6.45) is -4.61. The van der Waals surface area contributed by atoms with Crippen molar-refractivity contribution in [2.45, 2.75) is 23.5 Å². The van der Waals surface area contributed by atoms with E-state index in [0.29, 0.717) is 31.7 Å². The molecule has 5 nitrogen and oxygen atoms in total. The van der Waals surface area contributed by atoms with Crippen LogP contribution in [0.3, 0.4) is 0 Å². The number of piperazine rings is 1. The van der Waals surface area contributed by atoms with Gasteiger partial charge in [-0.1, -0.05) is 60.3 Å². The highest BCUT2D eigenvalue weighted by Crippen LogP contribution is 2.33. The molecule has 33 heavy (non-hydrogen) atoms. The average molecular weight is 473 g/mol. The predicted octanol–water partition coefficient (Wildman–Crippen LogP) is 4.99. The second-order valence-electron chi connectivity index (χ2n) is 7.69. The molecule has 0 unspecified atom stereocenters. The molecule has 1 aliphatic rings. The number of hydrogen-bond acceptors (Lipinski definition) is 5. The zero-order valence-corrected chi connectivity index (χ0v) is 18.8. The standard InChI is InChI=1S/C24H23F3N4OS/c1-17(22(32)31-14-12-30(13-15-31)19-10-6-3-7-11-19)33-23-28-20(18-8-4-2-5-9-18)16-21(29-23)24(25,26)27/h2-11,16-17H,12-15H2,1H3/t17-/m1/s1. The van der Waals surface area contributed by atoms with Crippen molar-refractivity contribution >= 4 is 23.4 Å². The first-order valence-electron chi connectivity index (χ1n) is 10.6. The number of aromatic nitrogens is 2. The normalized spacial score (nSPS) is 15.4. The van der Waals surface area contributed by atoms with Gasteiger partial charge in [0.2, 0.25) is 5.91 Å². The monoisotopic (exact) mass is 472 g/mol. The van der Waals surface area contributed by atoms with E-state index in [4.69, 9.17) is 0 Å². The topological polar surface area (TPSA) is 49.3 Å². The third-order valence-electron chi connectivity index (χ3n) is 5.41. The number of hydrogen-bond donors (Lipinski definition) is 0. The van der Waals surface area contributed by atoms with Crippen LogP contribution >= 0.6 is 11.8 Å². The summed E-state index contributed by atoms with van der Waals surface area (Å²) in [7, 11) is 0. The molecule has 3 aromatic rings. The van der Waals surface area contributed by atoms with Crippen LogP contribution < -0.4 is 4.90 Å². The minimum absolute atomic E-state index is 0.0625. The highest BCUT2D eigenvalue weighted by Gasteiger charge is 2.34. The minimum atomic E-state index is -4.61. The Labute approximate surface area is 194 Å². The molecule has 1 saturated heterocycles. The number of alkyl halides is 3. The fraction of sp³-hybridized carbons (Fsp3) is 0.292. The highest BCUT2D eigenvalue weighted by molar-refractivity contribution is 8.00. The van der Waals surface area contributed by atoms with Crippen LogP contribution in [0.1, 0.15) is 12.6 Å². The molecule has 9 heteroatoms. The molecule has 1 aromatic heterocycles. The average Bonchev–Trinajstić information content (AvgIpc) is 2.84. The second kappa shape index (κ2) is 9.82. The predicted molar refractivity (Wildman–Crippen MR) is 123 cm³/mol. The van der Waals surface area contributed by atoms with E-state index in [2.05, 4.69) is 14.9 Å². The van der Waals surface area contributed by atoms with Gasteiger partial charge >= 0.3 is 6.18 Å². The van der Waals surface area contributed by atoms with Crippen LogP contribution in [-0.2, 0) is 11.0 Å². The number of nitrogens with zero attached hydrogens (tertiary/aromatic N) is 4. The van der Waals surface area contributed by atoms with Crippen molar-refractivity contribution in [3.8, 4) is 11.3 Å². The number of thioether (sulfide) groups is 1. The third kappa shape index (κ3) is 5.65. The van der Waals surface area contributed by atoms with Gasteiger partial charge in [0, 0.05) is 37.4 Å². The first kappa shape index (κ1) is 23.1. The Kier molecular flexibility index (Phi) is 6.88. The molecule has 1 aliphatic heterocycles. The van der Waals surface area contributed by atoms with E-state index in [-0.39, 0.29) is 16.8 Å². The summed E-state index contributed by atoms with van der Waals surface area (Å²) in [6, 6.07) is 19.6. The summed E-state index contributed by atoms with van der Waals surface area (Å²) < 4.78 is 40.3. The van der Waals surface area contributed by atoms with Crippen molar-refractivity contribution < 1.29 is 18.0 Å². The quantitative estimate of drug-likeness (QED) is 0.387. The van der Waals surface area contributed by atoms with E-state index in [1.807, 2.05) is 30.3 Å². The van der Waals surface area contributed by atoms with Crippen molar-refractivity contribution in [1.82, 2.24) is 14.9 Å². The molecule has 1 fully saturated rings. The third-order valence-corrected chi connectivity index (χ3v) is 6.36. The van der Waals surface area contributed by atoms with Crippen LogP contribution in [0.4, 0.5) is 18.9 Å². The van der Waals surface area contributed by atoms with Crippen molar-refractivity contribution in [2.24, 2.45) is 0 Å². The minimum Gasteiger partial charge on any atom is -0.368 e. The lowest BCUT2D eigenvalue weighted by Crippen LogP contribution is -2.50. The van der Waals surface area contributed by atoms with Crippen molar-refractivity contribution in [3.63, 3.8) is 0 Å². The Bertz CT molecular complexity index is 1090. The van der Waals surface area contributed by atoms with Crippen molar-refractivity contribution in [2.75, 3.05) is 31.1 Å². The van der Waals surface area contributed by atoms with Gasteiger partial charge in [-0.25, -0.2) is 9.97 Å². The van der Waals surface area contributed by atoms with Gasteiger partial charge in [0.15, 0.2) is 5.16 Å². The zero-order valence-electron chi connectivity index (χ0n) is 18.0. The number of para-hydroxylation sites is 1. The van der Waals surface area contributed by atoms with Gasteiger partial charge in [-0.15, -0.1) is 0 Å². The van der Waals surface area contributed by atoms with E-state index in [1.165, 1.54) is 0 Å². The molecule has 0 spiro atoms. The van der Waals surface area contributed by atoms with Crippen molar-refractivity contribution in [3.05, 3.63) is 72.4 Å². The number of anilines is 1. The Hall–Kier alpha value is -3.07. The molecule has 2 heterocycles. The Balaban J connectivity index is 1.46. The van der Waals surface area contributed by atoms with Gasteiger partial charge in [-0.3, -0.25) is 4.79 Å². The summed E-state index contributed by atoms with van der Waals surface area (Å²) >= 11 is 0.955. The number of amides is 1. The van der Waals surface area contributed by atoms with E-state index < -0.39 is 17.1 Å². The number of halogens is 3. The molecular weight excluding hydrogens is 449 g/mol. The SMILES string of the molecule is C[C@@H](Sc1nc(-c2ccccc2)cc(C(F)(F)F)n1)C(=O)N1CCN(c2ccccc2)CC1. The lowest BCUT2D eigenvalue weighted by molar-refractivity contribution is -0.141. The first-order chi connectivity index (χ1) is 15.8. The van der Waals surface area contributed by atoms with Gasteiger partial charge in [0.05, 0.1) is 10.9 Å². The molecule has 1 amide bonds. The van der Waals surface area contributed by atoms with Crippen LogP contribution in [0.5, 0.6) is 0 Å². The largest absolute Gasteiger partial charge is 0.433 e. The number of carbonyl (C=O) groups is 1. The molecule has 172 valence electrons. The molecule has 0 radical (unpaired) electrons. The molecule has 0 aliphatic carbocycles. The molecule has 1 atom stereocenters. The van der Waals surface area contributed by atoms with Gasteiger partial charge in [0.1, 0.15) is 5.69 Å². The van der Waals surface area contributed by atoms with Gasteiger partial charge < -0.3 is 9.80 Å². The molecule has 0 bridgehead atoms. The van der Waals surface area contributed by atoms with Crippen LogP contribution in [0.15, 0.2) is 71.9 Å². The van der Waals surface area contributed by atoms with E-state index in [0.717, 1.165) is 23.5 Å². The lowest BCUT2D eigenvalue weighted by atomic mass is 10.1. The molecule has 0 N–H and O–H groups in total. The lowest BCUT2D eigenvalue weighted by Gasteiger charge is -2.37. The molecule has 4 rings (SSSR count). The van der Waals surface area contributed by atoms with Crippen LogP contribution in [0.25, 0.3) is 11.3 Å². The number of rotatable bonds is 5. The second-order valence-corrected chi connectivity index (χ2v) is 9.00. The summed E-state index contributed by atoms with van der Waals surface area (Å²) in [5.41, 5.74) is 0.826. The maximum Gasteiger partial charge on any atom is 0.433 e. The number of carbonyl (C=O) groups excluding carboxylic acids is 1. The summed E-state index contributed by atoms with van der Waals surface area (Å²) in [4.78, 5) is 25.0. The molecule has 0 saturated carbocycles.